The minimum atomic E-state index is -0.515. The van der Waals surface area contributed by atoms with Crippen LogP contribution in [0.3, 0.4) is 0 Å². The molecule has 49 heavy (non-hydrogen) atoms. The molecule has 0 saturated heterocycles. The lowest BCUT2D eigenvalue weighted by molar-refractivity contribution is -0.438. The van der Waals surface area contributed by atoms with Gasteiger partial charge < -0.3 is 20.0 Å². The highest BCUT2D eigenvalue weighted by Gasteiger charge is 2.45. The maximum absolute atomic E-state index is 12.5. The molecular formula is C42H44N3O4+. The predicted molar refractivity (Wildman–Crippen MR) is 197 cm³/mol. The number of aromatic nitrogens is 1. The summed E-state index contributed by atoms with van der Waals surface area (Å²) in [5.74, 6) is -1.16. The second-order valence-corrected chi connectivity index (χ2v) is 14.1. The van der Waals surface area contributed by atoms with Crippen molar-refractivity contribution in [3.05, 3.63) is 120 Å². The molecule has 7 rings (SSSR count). The number of carbonyl (C=O) groups is 1. The number of anilines is 1. The van der Waals surface area contributed by atoms with Crippen molar-refractivity contribution >= 4 is 44.6 Å². The lowest BCUT2D eigenvalue weighted by Gasteiger charge is -2.26. The molecule has 0 saturated carbocycles. The number of nitrogens with zero attached hydrogens (tertiary/aromatic N) is 3. The summed E-state index contributed by atoms with van der Waals surface area (Å²) >= 11 is 0. The van der Waals surface area contributed by atoms with E-state index in [0.29, 0.717) is 6.42 Å². The van der Waals surface area contributed by atoms with Crippen molar-refractivity contribution in [2.45, 2.75) is 64.7 Å². The average molecular weight is 655 g/mol. The fraction of sp³-hybridized carbons (Fsp3) is 0.286. The van der Waals surface area contributed by atoms with Gasteiger partial charge in [0.05, 0.1) is 5.41 Å². The number of hydrogen-bond acceptors (Lipinski definition) is 5. The normalized spacial score (nSPS) is 17.1. The van der Waals surface area contributed by atoms with Crippen molar-refractivity contribution in [1.29, 1.82) is 0 Å². The molecule has 0 fully saturated rings. The van der Waals surface area contributed by atoms with E-state index in [4.69, 9.17) is 4.84 Å². The molecule has 0 bridgehead atoms. The van der Waals surface area contributed by atoms with E-state index in [9.17, 15) is 15.0 Å². The molecule has 0 radical (unpaired) electrons. The van der Waals surface area contributed by atoms with Gasteiger partial charge in [-0.1, -0.05) is 74.5 Å². The Morgan fingerprint density at radius 3 is 2.10 bits per heavy atom. The molecule has 4 aromatic carbocycles. The van der Waals surface area contributed by atoms with Gasteiger partial charge in [-0.15, -0.1) is 4.73 Å². The maximum atomic E-state index is 12.5. The van der Waals surface area contributed by atoms with Gasteiger partial charge in [0, 0.05) is 66.0 Å². The van der Waals surface area contributed by atoms with Gasteiger partial charge in [-0.05, 0) is 72.5 Å². The zero-order chi connectivity index (χ0) is 34.5. The standard InChI is InChI=1S/C42H43N3O4/c1-6-43-32-23-21-28-14-7-9-16-30(28)39(32)41(2,3)34(43)18-13-19-35-42(4,5)40-31-17-10-8-15-29(31)22-24-33(40)44(35)27-12-11-20-38(48)49-45-36(46)25-26-37(45)47/h7-10,13-19,21-26H,6,11-12,20,27H2,1-5H3,(H-,46,47)/p+1. The van der Waals surface area contributed by atoms with E-state index in [1.165, 1.54) is 67.6 Å². The Morgan fingerprint density at radius 2 is 1.43 bits per heavy atom. The first-order valence-electron chi connectivity index (χ1n) is 17.2. The SMILES string of the molecule is CCN1C(=CC=CC2=[N+](CCCCC(=O)On3c(O)ccc3O)c3ccc4ccccc4c3C2(C)C)C(C)(C)c2c1ccc1ccccc21. The van der Waals surface area contributed by atoms with E-state index in [1.807, 2.05) is 0 Å². The summed E-state index contributed by atoms with van der Waals surface area (Å²) in [6.07, 6.45) is 8.29. The third kappa shape index (κ3) is 5.38. The fourth-order valence-corrected chi connectivity index (χ4v) is 8.06. The number of carbonyl (C=O) groups excluding carboxylic acids is 1. The van der Waals surface area contributed by atoms with Crippen LogP contribution < -0.4 is 9.74 Å². The van der Waals surface area contributed by atoms with Gasteiger partial charge in [-0.2, -0.15) is 4.58 Å². The van der Waals surface area contributed by atoms with Crippen LogP contribution in [0.15, 0.2) is 109 Å². The van der Waals surface area contributed by atoms with Crippen molar-refractivity contribution in [2.75, 3.05) is 18.0 Å². The van der Waals surface area contributed by atoms with E-state index in [-0.39, 0.29) is 29.0 Å². The minimum Gasteiger partial charge on any atom is -0.492 e. The molecule has 3 heterocycles. The van der Waals surface area contributed by atoms with Gasteiger partial charge in [0.2, 0.25) is 17.4 Å². The zero-order valence-electron chi connectivity index (χ0n) is 28.9. The third-order valence-electron chi connectivity index (χ3n) is 10.3. The van der Waals surface area contributed by atoms with E-state index in [2.05, 4.69) is 135 Å². The van der Waals surface area contributed by atoms with Crippen LogP contribution >= 0.6 is 0 Å². The first kappa shape index (κ1) is 32.3. The molecule has 2 aliphatic rings. The molecule has 0 aliphatic carbocycles. The summed E-state index contributed by atoms with van der Waals surface area (Å²) in [5, 5.41) is 24.7. The molecule has 7 nitrogen and oxygen atoms in total. The number of likely N-dealkylation sites (N-methyl/N-ethyl adjacent to an activating group) is 1. The lowest BCUT2D eigenvalue weighted by Crippen LogP contribution is -2.28. The number of aromatic hydroxyl groups is 2. The van der Waals surface area contributed by atoms with Crippen molar-refractivity contribution in [3.8, 4) is 11.8 Å². The molecule has 0 spiro atoms. The van der Waals surface area contributed by atoms with Crippen molar-refractivity contribution < 1.29 is 24.4 Å². The van der Waals surface area contributed by atoms with Crippen LogP contribution in [-0.2, 0) is 15.6 Å². The van der Waals surface area contributed by atoms with Gasteiger partial charge in [-0.25, -0.2) is 4.79 Å². The van der Waals surface area contributed by atoms with E-state index < -0.39 is 5.97 Å². The molecule has 2 N–H and O–H groups in total. The van der Waals surface area contributed by atoms with Crippen LogP contribution in [0.2, 0.25) is 0 Å². The number of fused-ring (bicyclic) bond motifs is 6. The van der Waals surface area contributed by atoms with Gasteiger partial charge >= 0.3 is 5.97 Å². The summed E-state index contributed by atoms with van der Waals surface area (Å²) in [4.78, 5) is 20.2. The molecule has 1 aromatic heterocycles. The Hall–Kier alpha value is -5.30. The minimum absolute atomic E-state index is 0.160. The van der Waals surface area contributed by atoms with Crippen LogP contribution in [0.5, 0.6) is 11.8 Å². The highest BCUT2D eigenvalue weighted by Crippen LogP contribution is 2.51. The zero-order valence-corrected chi connectivity index (χ0v) is 28.9. The molecular weight excluding hydrogens is 610 g/mol. The van der Waals surface area contributed by atoms with Gasteiger partial charge in [-0.3, -0.25) is 0 Å². The fourth-order valence-electron chi connectivity index (χ4n) is 8.06. The highest BCUT2D eigenvalue weighted by molar-refractivity contribution is 6.07. The van der Waals surface area contributed by atoms with Crippen LogP contribution in [0.1, 0.15) is 65.0 Å². The largest absolute Gasteiger partial charge is 0.492 e. The summed E-state index contributed by atoms with van der Waals surface area (Å²) in [6.45, 7) is 13.1. The first-order chi connectivity index (χ1) is 23.5. The summed E-state index contributed by atoms with van der Waals surface area (Å²) < 4.78 is 3.15. The maximum Gasteiger partial charge on any atom is 0.333 e. The monoisotopic (exact) mass is 654 g/mol. The summed E-state index contributed by atoms with van der Waals surface area (Å²) in [5.41, 5.74) is 7.21. The Bertz CT molecular complexity index is 2180. The number of unbranched alkanes of at least 4 members (excludes halogenated alkanes) is 1. The number of rotatable bonds is 9. The topological polar surface area (TPSA) is 77.9 Å². The molecule has 5 aromatic rings. The number of allylic oxidation sites excluding steroid dienone is 4. The van der Waals surface area contributed by atoms with Crippen molar-refractivity contribution in [3.63, 3.8) is 0 Å². The molecule has 2 aliphatic heterocycles. The smallest absolute Gasteiger partial charge is 0.333 e. The van der Waals surface area contributed by atoms with Crippen molar-refractivity contribution in [1.82, 2.24) is 4.73 Å². The third-order valence-corrected chi connectivity index (χ3v) is 10.3. The number of hydrogen-bond donors (Lipinski definition) is 2. The second kappa shape index (κ2) is 12.3. The molecule has 0 unspecified atom stereocenters. The van der Waals surface area contributed by atoms with E-state index in [0.717, 1.165) is 24.2 Å². The summed E-state index contributed by atoms with van der Waals surface area (Å²) in [7, 11) is 0. The molecule has 7 heteroatoms. The highest BCUT2D eigenvalue weighted by atomic mass is 16.7. The molecule has 250 valence electrons. The average Bonchev–Trinajstić information content (AvgIpc) is 3.61. The van der Waals surface area contributed by atoms with Gasteiger partial charge in [0.25, 0.3) is 0 Å². The molecule has 0 amide bonds. The quantitative estimate of drug-likeness (QED) is 0.123. The van der Waals surface area contributed by atoms with E-state index >= 15 is 0 Å². The van der Waals surface area contributed by atoms with Crippen LogP contribution in [0.25, 0.3) is 21.5 Å². The van der Waals surface area contributed by atoms with Gasteiger partial charge in [0.1, 0.15) is 6.54 Å². The summed E-state index contributed by atoms with van der Waals surface area (Å²) in [6, 6.07) is 28.7. The van der Waals surface area contributed by atoms with Gasteiger partial charge in [0.15, 0.2) is 5.71 Å². The Morgan fingerprint density at radius 1 is 0.796 bits per heavy atom. The van der Waals surface area contributed by atoms with Crippen LogP contribution in [-0.4, -0.2) is 44.3 Å². The second-order valence-electron chi connectivity index (χ2n) is 14.1. The Labute approximate surface area is 287 Å². The molecule has 0 atom stereocenters. The van der Waals surface area contributed by atoms with Crippen LogP contribution in [0.4, 0.5) is 11.4 Å². The van der Waals surface area contributed by atoms with E-state index in [1.54, 1.807) is 0 Å². The lowest BCUT2D eigenvalue weighted by atomic mass is 9.79. The Balaban J connectivity index is 1.21. The Kier molecular flexibility index (Phi) is 8.10. The first-order valence-corrected chi connectivity index (χ1v) is 17.2. The number of benzene rings is 4. The van der Waals surface area contributed by atoms with Crippen molar-refractivity contribution in [2.24, 2.45) is 0 Å². The predicted octanol–water partition coefficient (Wildman–Crippen LogP) is 8.67. The van der Waals surface area contributed by atoms with Crippen LogP contribution in [0, 0.1) is 0 Å².